The lowest BCUT2D eigenvalue weighted by molar-refractivity contribution is 0.0218. The van der Waals surface area contributed by atoms with Gasteiger partial charge in [-0.05, 0) is 64.5 Å². The molecule has 1 saturated carbocycles. The van der Waals surface area contributed by atoms with E-state index < -0.39 is 0 Å². The third kappa shape index (κ3) is 2.91. The normalized spacial score (nSPS) is 43.0. The second kappa shape index (κ2) is 6.38. The Morgan fingerprint density at radius 3 is 2.61 bits per heavy atom. The zero-order chi connectivity index (χ0) is 13.1. The molecule has 2 nitrogen and oxygen atoms in total. The first-order valence-electron chi connectivity index (χ1n) is 8.10. The van der Waals surface area contributed by atoms with Crippen LogP contribution in [0.5, 0.6) is 0 Å². The number of piperidine rings is 1. The largest absolute Gasteiger partial charge is 0.315 e. The molecule has 5 unspecified atom stereocenters. The number of likely N-dealkylation sites (tertiary alicyclic amines) is 1. The van der Waals surface area contributed by atoms with E-state index in [1.165, 1.54) is 45.1 Å². The number of rotatable bonds is 3. The van der Waals surface area contributed by atoms with Crippen molar-refractivity contribution < 1.29 is 0 Å². The summed E-state index contributed by atoms with van der Waals surface area (Å²) in [5.74, 6) is 1.84. The van der Waals surface area contributed by atoms with Crippen molar-refractivity contribution in [1.82, 2.24) is 10.2 Å². The molecule has 1 aliphatic carbocycles. The highest BCUT2D eigenvalue weighted by atomic mass is 15.2. The van der Waals surface area contributed by atoms with E-state index in [1.807, 2.05) is 0 Å². The zero-order valence-corrected chi connectivity index (χ0v) is 12.8. The van der Waals surface area contributed by atoms with Gasteiger partial charge < -0.3 is 5.32 Å². The first-order valence-corrected chi connectivity index (χ1v) is 8.10. The van der Waals surface area contributed by atoms with Crippen molar-refractivity contribution in [2.75, 3.05) is 13.6 Å². The highest BCUT2D eigenvalue weighted by Gasteiger charge is 2.37. The number of hydrogen-bond donors (Lipinski definition) is 1. The Morgan fingerprint density at radius 2 is 1.94 bits per heavy atom. The molecule has 18 heavy (non-hydrogen) atoms. The summed E-state index contributed by atoms with van der Waals surface area (Å²) in [5, 5.41) is 3.59. The molecule has 2 aliphatic rings. The van der Waals surface area contributed by atoms with E-state index in [-0.39, 0.29) is 0 Å². The monoisotopic (exact) mass is 252 g/mol. The van der Waals surface area contributed by atoms with E-state index in [2.05, 4.69) is 38.0 Å². The van der Waals surface area contributed by atoms with Crippen LogP contribution >= 0.6 is 0 Å². The molecule has 0 aromatic rings. The van der Waals surface area contributed by atoms with Crippen molar-refractivity contribution in [3.05, 3.63) is 0 Å². The van der Waals surface area contributed by atoms with Crippen LogP contribution in [0.15, 0.2) is 0 Å². The van der Waals surface area contributed by atoms with Gasteiger partial charge in [0.1, 0.15) is 0 Å². The zero-order valence-electron chi connectivity index (χ0n) is 12.8. The third-order valence-electron chi connectivity index (χ3n) is 5.72. The fourth-order valence-corrected chi connectivity index (χ4v) is 4.14. The minimum Gasteiger partial charge on any atom is -0.315 e. The molecule has 2 fully saturated rings. The molecule has 2 heteroatoms. The van der Waals surface area contributed by atoms with Crippen LogP contribution in [0.1, 0.15) is 59.3 Å². The second-order valence-electron chi connectivity index (χ2n) is 6.65. The number of nitrogens with zero attached hydrogens (tertiary/aromatic N) is 1. The fourth-order valence-electron chi connectivity index (χ4n) is 4.14. The van der Waals surface area contributed by atoms with Crippen LogP contribution in [0, 0.1) is 11.8 Å². The summed E-state index contributed by atoms with van der Waals surface area (Å²) in [6.45, 7) is 8.58. The molecule has 0 amide bonds. The molecule has 0 aromatic carbocycles. The van der Waals surface area contributed by atoms with Crippen molar-refractivity contribution in [1.29, 1.82) is 0 Å². The van der Waals surface area contributed by atoms with E-state index in [9.17, 15) is 0 Å². The maximum Gasteiger partial charge on any atom is 0.0254 e. The first kappa shape index (κ1) is 14.3. The van der Waals surface area contributed by atoms with Crippen LogP contribution in [-0.4, -0.2) is 36.6 Å². The van der Waals surface area contributed by atoms with Gasteiger partial charge in [-0.15, -0.1) is 0 Å². The Labute approximate surface area is 114 Å². The van der Waals surface area contributed by atoms with Gasteiger partial charge in [-0.1, -0.05) is 20.3 Å². The lowest BCUT2D eigenvalue weighted by Gasteiger charge is -2.49. The second-order valence-corrected chi connectivity index (χ2v) is 6.65. The molecule has 1 saturated heterocycles. The van der Waals surface area contributed by atoms with E-state index in [0.29, 0.717) is 0 Å². The van der Waals surface area contributed by atoms with Gasteiger partial charge in [0.25, 0.3) is 0 Å². The van der Waals surface area contributed by atoms with E-state index in [0.717, 1.165) is 30.0 Å². The molecule has 2 rings (SSSR count). The molecule has 0 spiro atoms. The van der Waals surface area contributed by atoms with Crippen molar-refractivity contribution in [3.63, 3.8) is 0 Å². The summed E-state index contributed by atoms with van der Waals surface area (Å²) >= 11 is 0. The van der Waals surface area contributed by atoms with Crippen LogP contribution in [-0.2, 0) is 0 Å². The molecule has 1 aliphatic heterocycles. The predicted molar refractivity (Wildman–Crippen MR) is 78.8 cm³/mol. The number of likely N-dealkylation sites (N-methyl/N-ethyl adjacent to an activating group) is 1. The van der Waals surface area contributed by atoms with Gasteiger partial charge in [0.15, 0.2) is 0 Å². The van der Waals surface area contributed by atoms with Gasteiger partial charge in [0.05, 0.1) is 0 Å². The topological polar surface area (TPSA) is 15.3 Å². The Hall–Kier alpha value is -0.0800. The Kier molecular flexibility index (Phi) is 5.08. The maximum absolute atomic E-state index is 3.59. The van der Waals surface area contributed by atoms with Crippen LogP contribution in [0.2, 0.25) is 0 Å². The summed E-state index contributed by atoms with van der Waals surface area (Å²) in [5.41, 5.74) is 0. The van der Waals surface area contributed by atoms with Crippen LogP contribution in [0.4, 0.5) is 0 Å². The SMILES string of the molecule is CCC1CCC(NC)C(N2CCCC(C)C2C)C1. The van der Waals surface area contributed by atoms with Gasteiger partial charge in [-0.2, -0.15) is 0 Å². The quantitative estimate of drug-likeness (QED) is 0.829. The highest BCUT2D eigenvalue weighted by Crippen LogP contribution is 2.34. The van der Waals surface area contributed by atoms with Crippen LogP contribution in [0.25, 0.3) is 0 Å². The van der Waals surface area contributed by atoms with Crippen molar-refractivity contribution in [3.8, 4) is 0 Å². The average Bonchev–Trinajstić information content (AvgIpc) is 2.41. The van der Waals surface area contributed by atoms with Gasteiger partial charge in [-0.25, -0.2) is 0 Å². The minimum absolute atomic E-state index is 0.723. The lowest BCUT2D eigenvalue weighted by Crippen LogP contribution is -2.57. The molecular weight excluding hydrogens is 220 g/mol. The van der Waals surface area contributed by atoms with Crippen molar-refractivity contribution >= 4 is 0 Å². The summed E-state index contributed by atoms with van der Waals surface area (Å²) in [7, 11) is 2.15. The van der Waals surface area contributed by atoms with Gasteiger partial charge in [-0.3, -0.25) is 4.90 Å². The van der Waals surface area contributed by atoms with E-state index in [1.54, 1.807) is 0 Å². The Bertz CT molecular complexity index is 253. The summed E-state index contributed by atoms with van der Waals surface area (Å²) < 4.78 is 0. The van der Waals surface area contributed by atoms with Gasteiger partial charge in [0, 0.05) is 18.1 Å². The summed E-state index contributed by atoms with van der Waals surface area (Å²) in [6.07, 6.45) is 8.40. The van der Waals surface area contributed by atoms with Gasteiger partial charge >= 0.3 is 0 Å². The highest BCUT2D eigenvalue weighted by molar-refractivity contribution is 4.94. The first-order chi connectivity index (χ1) is 8.67. The lowest BCUT2D eigenvalue weighted by atomic mass is 9.78. The van der Waals surface area contributed by atoms with Crippen molar-refractivity contribution in [2.45, 2.75) is 77.4 Å². The van der Waals surface area contributed by atoms with Gasteiger partial charge in [0.2, 0.25) is 0 Å². The molecule has 1 heterocycles. The minimum atomic E-state index is 0.723. The fraction of sp³-hybridized carbons (Fsp3) is 1.00. The standard InChI is InChI=1S/C16H32N2/c1-5-14-8-9-15(17-4)16(11-14)18-10-6-7-12(2)13(18)3/h12-17H,5-11H2,1-4H3. The van der Waals surface area contributed by atoms with Crippen LogP contribution in [0.3, 0.4) is 0 Å². The summed E-state index contributed by atoms with van der Waals surface area (Å²) in [4.78, 5) is 2.83. The predicted octanol–water partition coefficient (Wildman–Crippen LogP) is 3.27. The summed E-state index contributed by atoms with van der Waals surface area (Å²) in [6, 6.07) is 2.28. The number of hydrogen-bond acceptors (Lipinski definition) is 2. The molecule has 0 radical (unpaired) electrons. The third-order valence-corrected chi connectivity index (χ3v) is 5.72. The molecule has 0 bridgehead atoms. The number of nitrogens with one attached hydrogen (secondary N) is 1. The Morgan fingerprint density at radius 1 is 1.17 bits per heavy atom. The molecule has 0 aromatic heterocycles. The molecule has 1 N–H and O–H groups in total. The average molecular weight is 252 g/mol. The Balaban J connectivity index is 2.06. The molecular formula is C16H32N2. The van der Waals surface area contributed by atoms with Crippen molar-refractivity contribution in [2.24, 2.45) is 11.8 Å². The maximum atomic E-state index is 3.59. The molecule has 5 atom stereocenters. The molecule has 106 valence electrons. The van der Waals surface area contributed by atoms with Crippen LogP contribution < -0.4 is 5.32 Å². The smallest absolute Gasteiger partial charge is 0.0254 e. The van der Waals surface area contributed by atoms with E-state index in [4.69, 9.17) is 0 Å². The van der Waals surface area contributed by atoms with E-state index >= 15 is 0 Å².